The van der Waals surface area contributed by atoms with E-state index in [1.807, 2.05) is 0 Å². The van der Waals surface area contributed by atoms with Crippen LogP contribution in [0.2, 0.25) is 0 Å². The maximum absolute atomic E-state index is 14.2. The summed E-state index contributed by atoms with van der Waals surface area (Å²) in [7, 11) is -4.79. The fourth-order valence-electron chi connectivity index (χ4n) is 6.00. The number of carboxylic acids is 1. The van der Waals surface area contributed by atoms with E-state index >= 15 is 0 Å². The van der Waals surface area contributed by atoms with E-state index in [0.29, 0.717) is 17.3 Å². The number of carboxylic acid groups (broad SMARTS) is 1. The average Bonchev–Trinajstić information content (AvgIpc) is 3.35. The van der Waals surface area contributed by atoms with Crippen molar-refractivity contribution in [1.29, 1.82) is 5.26 Å². The number of aromatic nitrogens is 1. The molecule has 1 aromatic heterocycles. The summed E-state index contributed by atoms with van der Waals surface area (Å²) in [6.45, 7) is 4.56. The third-order valence-corrected chi connectivity index (χ3v) is 10.2. The van der Waals surface area contributed by atoms with Gasteiger partial charge >= 0.3 is 12.1 Å². The van der Waals surface area contributed by atoms with Crippen LogP contribution in [-0.2, 0) is 30.3 Å². The summed E-state index contributed by atoms with van der Waals surface area (Å²) in [5.74, 6) is -3.47. The van der Waals surface area contributed by atoms with Gasteiger partial charge in [-0.05, 0) is 57.7 Å². The Balaban J connectivity index is 1.82. The lowest BCUT2D eigenvalue weighted by Gasteiger charge is -2.32. The van der Waals surface area contributed by atoms with Gasteiger partial charge in [0.15, 0.2) is 9.84 Å². The smallest absolute Gasteiger partial charge is 0.417 e. The highest BCUT2D eigenvalue weighted by Gasteiger charge is 2.75. The Morgan fingerprint density at radius 2 is 1.97 bits per heavy atom. The lowest BCUT2D eigenvalue weighted by molar-refractivity contribution is -0.160. The average molecular weight is 570 g/mol. The zero-order chi connectivity index (χ0) is 29.1. The highest BCUT2D eigenvalue weighted by molar-refractivity contribution is 7.92. The molecule has 2 aliphatic rings. The zero-order valence-electron chi connectivity index (χ0n) is 21.2. The van der Waals surface area contributed by atoms with E-state index in [0.717, 1.165) is 6.07 Å². The lowest BCUT2D eigenvalue weighted by Crippen LogP contribution is -2.45. The number of hydrogen-bond donors (Lipinski definition) is 2. The molecule has 2 saturated carbocycles. The third kappa shape index (κ3) is 4.28. The van der Waals surface area contributed by atoms with Gasteiger partial charge in [0.2, 0.25) is 5.91 Å². The first-order chi connectivity index (χ1) is 18.1. The van der Waals surface area contributed by atoms with Gasteiger partial charge in [0, 0.05) is 18.1 Å². The van der Waals surface area contributed by atoms with Crippen molar-refractivity contribution in [3.8, 4) is 17.2 Å². The summed E-state index contributed by atoms with van der Waals surface area (Å²) in [5.41, 5.74) is 0.769. The maximum Gasteiger partial charge on any atom is 0.417 e. The molecule has 2 aliphatic carbocycles. The van der Waals surface area contributed by atoms with Crippen molar-refractivity contribution in [1.82, 2.24) is 5.16 Å². The Hall–Kier alpha value is -3.44. The van der Waals surface area contributed by atoms with Crippen LogP contribution in [0.1, 0.15) is 43.2 Å². The Morgan fingerprint density at radius 3 is 2.44 bits per heavy atom. The molecule has 210 valence electrons. The van der Waals surface area contributed by atoms with Gasteiger partial charge < -0.3 is 20.1 Å². The quantitative estimate of drug-likeness (QED) is 0.483. The number of hydrogen-bond acceptors (Lipinski definition) is 8. The Kier molecular flexibility index (Phi) is 6.84. The molecule has 5 atom stereocenters. The fraction of sp³-hybridized carbons (Fsp3) is 0.520. The topological polar surface area (TPSA) is 174 Å². The van der Waals surface area contributed by atoms with Gasteiger partial charge in [0.25, 0.3) is 0 Å². The molecule has 3 N–H and O–H groups in total. The highest BCUT2D eigenvalue weighted by atomic mass is 32.2. The van der Waals surface area contributed by atoms with Crippen LogP contribution in [0.3, 0.4) is 0 Å². The van der Waals surface area contributed by atoms with Crippen molar-refractivity contribution in [2.75, 3.05) is 6.61 Å². The minimum atomic E-state index is -5.07. The van der Waals surface area contributed by atoms with Gasteiger partial charge in [-0.15, -0.1) is 0 Å². The molecule has 0 radical (unpaired) electrons. The van der Waals surface area contributed by atoms with Crippen molar-refractivity contribution in [3.63, 3.8) is 0 Å². The summed E-state index contributed by atoms with van der Waals surface area (Å²) in [4.78, 5) is 23.7. The first kappa shape index (κ1) is 28.6. The molecule has 2 fully saturated rings. The number of nitriles is 1. The van der Waals surface area contributed by atoms with Gasteiger partial charge in [-0.3, -0.25) is 9.59 Å². The molecule has 1 aromatic carbocycles. The number of benzene rings is 1. The fourth-order valence-corrected chi connectivity index (χ4v) is 8.02. The second kappa shape index (κ2) is 9.34. The minimum absolute atomic E-state index is 0.0325. The van der Waals surface area contributed by atoms with Crippen LogP contribution >= 0.6 is 0 Å². The molecular formula is C25H26F3N3O7S. The number of rotatable bonds is 8. The monoisotopic (exact) mass is 569 g/mol. The Labute approximate surface area is 221 Å². The molecular weight excluding hydrogens is 543 g/mol. The van der Waals surface area contributed by atoms with Crippen molar-refractivity contribution in [2.45, 2.75) is 62.5 Å². The molecule has 39 heavy (non-hydrogen) atoms. The highest BCUT2D eigenvalue weighted by Crippen LogP contribution is 2.67. The van der Waals surface area contributed by atoms with E-state index in [9.17, 15) is 41.5 Å². The number of carbonyl (C=O) groups is 2. The second-order valence-electron chi connectivity index (χ2n) is 10.0. The molecule has 4 rings (SSSR count). The van der Waals surface area contributed by atoms with Gasteiger partial charge in [-0.25, -0.2) is 8.42 Å². The van der Waals surface area contributed by atoms with E-state index in [2.05, 4.69) is 5.16 Å². The summed E-state index contributed by atoms with van der Waals surface area (Å²) in [6, 6.07) is 4.52. The van der Waals surface area contributed by atoms with Gasteiger partial charge in [-0.1, -0.05) is 11.2 Å². The Bertz CT molecular complexity index is 1480. The van der Waals surface area contributed by atoms with Crippen LogP contribution in [0, 0.1) is 41.9 Å². The molecule has 0 spiro atoms. The largest absolute Gasteiger partial charge is 0.481 e. The van der Waals surface area contributed by atoms with E-state index in [4.69, 9.17) is 15.0 Å². The van der Waals surface area contributed by atoms with Gasteiger partial charge in [-0.2, -0.15) is 18.4 Å². The SMILES string of the molecule is CCO[C@H]1C[C@@H](S(=O)(=O)c2ccc(-c3c(C)noc3C)cc2C(F)(F)F)C[C@]1(C(=O)O)C1CC1(C#N)C(N)=O. The molecule has 1 heterocycles. The summed E-state index contributed by atoms with van der Waals surface area (Å²) in [5, 5.41) is 22.0. The predicted octanol–water partition coefficient (Wildman–Crippen LogP) is 3.40. The van der Waals surface area contributed by atoms with Crippen molar-refractivity contribution >= 4 is 21.7 Å². The van der Waals surface area contributed by atoms with E-state index in [1.54, 1.807) is 13.0 Å². The molecule has 0 bridgehead atoms. The number of alkyl halides is 3. The number of ether oxygens (including phenoxy) is 1. The molecule has 0 saturated heterocycles. The van der Waals surface area contributed by atoms with Crippen LogP contribution in [0.25, 0.3) is 11.1 Å². The lowest BCUT2D eigenvalue weighted by atomic mass is 9.75. The number of sulfone groups is 1. The first-order valence-corrected chi connectivity index (χ1v) is 13.6. The van der Waals surface area contributed by atoms with Gasteiger partial charge in [0.1, 0.15) is 16.6 Å². The van der Waals surface area contributed by atoms with Crippen molar-refractivity contribution < 1.29 is 45.5 Å². The van der Waals surface area contributed by atoms with E-state index < -0.39 is 79.3 Å². The molecule has 10 nitrogen and oxygen atoms in total. The molecule has 2 unspecified atom stereocenters. The number of halogens is 3. The van der Waals surface area contributed by atoms with E-state index in [1.165, 1.54) is 19.9 Å². The van der Waals surface area contributed by atoms with Crippen LogP contribution in [0.15, 0.2) is 27.6 Å². The van der Waals surface area contributed by atoms with Crippen LogP contribution < -0.4 is 5.73 Å². The predicted molar refractivity (Wildman–Crippen MR) is 127 cm³/mol. The zero-order valence-corrected chi connectivity index (χ0v) is 22.0. The molecule has 2 aromatic rings. The van der Waals surface area contributed by atoms with Crippen molar-refractivity contribution in [2.24, 2.45) is 22.5 Å². The standard InChI is InChI=1S/C25H26F3N3O7S/c1-4-37-19-8-15(9-24(19,22(33)34)18-10-23(18,11-29)21(30)32)39(35,36)17-6-5-14(7-16(17)25(26,27)28)20-12(2)31-38-13(20)3/h5-7,15,18-19H,4,8-10H2,1-3H3,(H2,30,32)(H,33,34)/t15-,18?,19+,23?,24+/m1/s1. The van der Waals surface area contributed by atoms with Crippen molar-refractivity contribution in [3.05, 3.63) is 35.2 Å². The number of nitrogens with zero attached hydrogens (tertiary/aromatic N) is 2. The van der Waals surface area contributed by atoms with E-state index in [-0.39, 0.29) is 24.4 Å². The molecule has 14 heteroatoms. The third-order valence-electron chi connectivity index (χ3n) is 7.96. The molecule has 1 amide bonds. The first-order valence-electron chi connectivity index (χ1n) is 12.0. The normalized spacial score (nSPS) is 28.7. The minimum Gasteiger partial charge on any atom is -0.481 e. The number of nitrogens with two attached hydrogens (primary N) is 1. The number of primary amides is 1. The summed E-state index contributed by atoms with van der Waals surface area (Å²) >= 11 is 0. The van der Waals surface area contributed by atoms with Crippen LogP contribution in [-0.4, -0.2) is 48.5 Å². The maximum atomic E-state index is 14.2. The molecule has 0 aliphatic heterocycles. The number of amides is 1. The van der Waals surface area contributed by atoms with Crippen LogP contribution in [0.4, 0.5) is 13.2 Å². The van der Waals surface area contributed by atoms with Crippen LogP contribution in [0.5, 0.6) is 0 Å². The Morgan fingerprint density at radius 1 is 1.31 bits per heavy atom. The summed E-state index contributed by atoms with van der Waals surface area (Å²) in [6.07, 6.45) is -7.67. The second-order valence-corrected chi connectivity index (χ2v) is 12.2. The number of aryl methyl sites for hydroxylation is 2. The summed E-state index contributed by atoms with van der Waals surface area (Å²) < 4.78 is 80.9. The number of aliphatic carboxylic acids is 1. The van der Waals surface area contributed by atoms with Gasteiger partial charge in [0.05, 0.1) is 33.6 Å². The number of carbonyl (C=O) groups excluding carboxylic acids is 1.